The summed E-state index contributed by atoms with van der Waals surface area (Å²) in [5.74, 6) is 0.477. The van der Waals surface area contributed by atoms with Crippen LogP contribution in [0.2, 0.25) is 0 Å². The first-order valence-electron chi connectivity index (χ1n) is 13.9. The summed E-state index contributed by atoms with van der Waals surface area (Å²) in [6, 6.07) is 18.9. The predicted molar refractivity (Wildman–Crippen MR) is 160 cm³/mol. The van der Waals surface area contributed by atoms with Gasteiger partial charge in [0, 0.05) is 13.1 Å². The molecule has 8 heteroatoms. The van der Waals surface area contributed by atoms with Crippen LogP contribution in [0.15, 0.2) is 71.6 Å². The third-order valence-corrected chi connectivity index (χ3v) is 8.65. The number of fused-ring (bicyclic) bond motifs is 1. The second kappa shape index (κ2) is 11.9. The van der Waals surface area contributed by atoms with Crippen molar-refractivity contribution < 1.29 is 13.9 Å². The Labute approximate surface area is 237 Å². The molecule has 2 aromatic carbocycles. The predicted octanol–water partition coefficient (Wildman–Crippen LogP) is 5.95. The van der Waals surface area contributed by atoms with Gasteiger partial charge in [-0.05, 0) is 84.8 Å². The number of pyridine rings is 1. The molecule has 6 rings (SSSR count). The molecule has 4 heterocycles. The van der Waals surface area contributed by atoms with Crippen molar-refractivity contribution in [2.24, 2.45) is 0 Å². The summed E-state index contributed by atoms with van der Waals surface area (Å²) < 4.78 is 20.1. The van der Waals surface area contributed by atoms with Crippen LogP contribution >= 0.6 is 11.3 Å². The SMILES string of the molecule is C[C@@H](NC(=O)c1cc(N2CCOCC2)nc2ccsc12)c1ccc(C(=C2CCNCC2)c2ccc(F)cc2)cc1. The highest BCUT2D eigenvalue weighted by atomic mass is 32.1. The van der Waals surface area contributed by atoms with E-state index in [1.807, 2.05) is 36.6 Å². The second-order valence-electron chi connectivity index (χ2n) is 10.3. The number of piperidine rings is 1. The van der Waals surface area contributed by atoms with Crippen LogP contribution in [-0.2, 0) is 4.74 Å². The Bertz CT molecular complexity index is 1520. The maximum absolute atomic E-state index is 13.7. The van der Waals surface area contributed by atoms with Crippen LogP contribution in [0.4, 0.5) is 10.2 Å². The molecule has 2 saturated heterocycles. The number of morpholine rings is 1. The lowest BCUT2D eigenvalue weighted by atomic mass is 9.88. The molecule has 0 spiro atoms. The maximum Gasteiger partial charge on any atom is 0.253 e. The van der Waals surface area contributed by atoms with Gasteiger partial charge in [-0.2, -0.15) is 0 Å². The number of thiophene rings is 1. The summed E-state index contributed by atoms with van der Waals surface area (Å²) in [5.41, 5.74) is 7.22. The minimum atomic E-state index is -0.232. The highest BCUT2D eigenvalue weighted by molar-refractivity contribution is 7.17. The summed E-state index contributed by atoms with van der Waals surface area (Å²) in [7, 11) is 0. The van der Waals surface area contributed by atoms with E-state index >= 15 is 0 Å². The Morgan fingerprint density at radius 3 is 2.40 bits per heavy atom. The van der Waals surface area contributed by atoms with Crippen molar-refractivity contribution in [1.82, 2.24) is 15.6 Å². The number of hydrogen-bond donors (Lipinski definition) is 2. The Morgan fingerprint density at radius 2 is 1.70 bits per heavy atom. The molecule has 0 radical (unpaired) electrons. The summed E-state index contributed by atoms with van der Waals surface area (Å²) in [4.78, 5) is 20.5. The summed E-state index contributed by atoms with van der Waals surface area (Å²) in [6.45, 7) is 6.75. The van der Waals surface area contributed by atoms with Gasteiger partial charge in [0.1, 0.15) is 11.6 Å². The Hall–Kier alpha value is -3.59. The zero-order chi connectivity index (χ0) is 27.5. The number of hydrogen-bond acceptors (Lipinski definition) is 6. The molecule has 4 aromatic rings. The molecular weight excluding hydrogens is 523 g/mol. The van der Waals surface area contributed by atoms with Crippen LogP contribution in [0.25, 0.3) is 15.8 Å². The number of carbonyl (C=O) groups is 1. The molecule has 2 fully saturated rings. The molecule has 2 aliphatic rings. The van der Waals surface area contributed by atoms with Crippen molar-refractivity contribution >= 4 is 38.9 Å². The van der Waals surface area contributed by atoms with Gasteiger partial charge in [0.05, 0.1) is 35.0 Å². The van der Waals surface area contributed by atoms with E-state index in [1.54, 1.807) is 0 Å². The number of nitrogens with one attached hydrogen (secondary N) is 2. The molecule has 1 atom stereocenters. The van der Waals surface area contributed by atoms with Gasteiger partial charge in [0.25, 0.3) is 5.91 Å². The van der Waals surface area contributed by atoms with Gasteiger partial charge in [-0.1, -0.05) is 42.0 Å². The number of rotatable bonds is 6. The first-order chi connectivity index (χ1) is 19.6. The van der Waals surface area contributed by atoms with E-state index < -0.39 is 0 Å². The van der Waals surface area contributed by atoms with Crippen LogP contribution in [0.1, 0.15) is 52.9 Å². The largest absolute Gasteiger partial charge is 0.378 e. The third kappa shape index (κ3) is 5.66. The van der Waals surface area contributed by atoms with Gasteiger partial charge >= 0.3 is 0 Å². The van der Waals surface area contributed by atoms with E-state index in [0.29, 0.717) is 18.8 Å². The molecule has 2 N–H and O–H groups in total. The van der Waals surface area contributed by atoms with Gasteiger partial charge in [-0.25, -0.2) is 9.37 Å². The number of amides is 1. The first-order valence-corrected chi connectivity index (χ1v) is 14.8. The smallest absolute Gasteiger partial charge is 0.253 e. The minimum Gasteiger partial charge on any atom is -0.378 e. The fourth-order valence-corrected chi connectivity index (χ4v) is 6.38. The van der Waals surface area contributed by atoms with Crippen molar-refractivity contribution in [1.29, 1.82) is 0 Å². The molecule has 6 nitrogen and oxygen atoms in total. The molecule has 0 unspecified atom stereocenters. The molecule has 40 heavy (non-hydrogen) atoms. The quantitative estimate of drug-likeness (QED) is 0.307. The molecule has 2 aliphatic heterocycles. The zero-order valence-corrected chi connectivity index (χ0v) is 23.4. The highest BCUT2D eigenvalue weighted by Gasteiger charge is 2.21. The van der Waals surface area contributed by atoms with E-state index in [0.717, 1.165) is 71.7 Å². The fourth-order valence-electron chi connectivity index (χ4n) is 5.53. The number of ether oxygens (including phenoxy) is 1. The number of benzene rings is 2. The third-order valence-electron chi connectivity index (χ3n) is 7.72. The number of carbonyl (C=O) groups excluding carboxylic acids is 1. The Balaban J connectivity index is 1.24. The van der Waals surface area contributed by atoms with E-state index in [9.17, 15) is 9.18 Å². The van der Waals surface area contributed by atoms with E-state index in [2.05, 4.69) is 39.8 Å². The van der Waals surface area contributed by atoms with Gasteiger partial charge in [0.15, 0.2) is 0 Å². The first kappa shape index (κ1) is 26.6. The molecular formula is C32H33FN4O2S. The lowest BCUT2D eigenvalue weighted by Crippen LogP contribution is -2.37. The van der Waals surface area contributed by atoms with Gasteiger partial charge in [0.2, 0.25) is 0 Å². The van der Waals surface area contributed by atoms with Crippen LogP contribution in [0, 0.1) is 5.82 Å². The molecule has 0 saturated carbocycles. The summed E-state index contributed by atoms with van der Waals surface area (Å²) in [6.07, 6.45) is 1.94. The maximum atomic E-state index is 13.7. The van der Waals surface area contributed by atoms with Gasteiger partial charge in [-0.3, -0.25) is 4.79 Å². The van der Waals surface area contributed by atoms with Crippen molar-refractivity contribution in [3.05, 3.63) is 99.7 Å². The molecule has 206 valence electrons. The van der Waals surface area contributed by atoms with Crippen molar-refractivity contribution in [3.8, 4) is 0 Å². The lowest BCUT2D eigenvalue weighted by molar-refractivity contribution is 0.0941. The summed E-state index contributed by atoms with van der Waals surface area (Å²) >= 11 is 1.54. The topological polar surface area (TPSA) is 66.5 Å². The molecule has 2 aromatic heterocycles. The van der Waals surface area contributed by atoms with E-state index in [4.69, 9.17) is 9.72 Å². The summed E-state index contributed by atoms with van der Waals surface area (Å²) in [5, 5.41) is 8.61. The number of aromatic nitrogens is 1. The van der Waals surface area contributed by atoms with Gasteiger partial charge < -0.3 is 20.3 Å². The fraction of sp³-hybridized carbons (Fsp3) is 0.312. The van der Waals surface area contributed by atoms with Crippen LogP contribution in [-0.4, -0.2) is 50.3 Å². The second-order valence-corrected chi connectivity index (χ2v) is 11.2. The van der Waals surface area contributed by atoms with E-state index in [1.165, 1.54) is 34.6 Å². The monoisotopic (exact) mass is 556 g/mol. The zero-order valence-electron chi connectivity index (χ0n) is 22.6. The number of anilines is 1. The van der Waals surface area contributed by atoms with Crippen LogP contribution in [0.3, 0.4) is 0 Å². The standard InChI is InChI=1S/C32H33FN4O2S/c1-21(35-32(38)27-20-29(37-15-17-39-18-16-37)36-28-12-19-40-31(27)28)22-2-4-23(5-3-22)30(25-10-13-34-14-11-25)24-6-8-26(33)9-7-24/h2-9,12,19-21,34H,10-11,13-18H2,1H3,(H,35,38)/t21-/m1/s1. The Kier molecular flexibility index (Phi) is 7.91. The number of nitrogens with zero attached hydrogens (tertiary/aromatic N) is 2. The average molecular weight is 557 g/mol. The van der Waals surface area contributed by atoms with Crippen LogP contribution < -0.4 is 15.5 Å². The average Bonchev–Trinajstić information content (AvgIpc) is 3.48. The molecule has 0 bridgehead atoms. The normalized spacial score (nSPS) is 16.6. The highest BCUT2D eigenvalue weighted by Crippen LogP contribution is 2.33. The lowest BCUT2D eigenvalue weighted by Gasteiger charge is -2.28. The number of halogens is 1. The van der Waals surface area contributed by atoms with Crippen molar-refractivity contribution in [3.63, 3.8) is 0 Å². The molecule has 1 amide bonds. The van der Waals surface area contributed by atoms with Gasteiger partial charge in [-0.15, -0.1) is 11.3 Å². The Morgan fingerprint density at radius 1 is 1.02 bits per heavy atom. The minimum absolute atomic E-state index is 0.107. The van der Waals surface area contributed by atoms with Crippen molar-refractivity contribution in [2.45, 2.75) is 25.8 Å². The van der Waals surface area contributed by atoms with Crippen LogP contribution in [0.5, 0.6) is 0 Å². The van der Waals surface area contributed by atoms with E-state index in [-0.39, 0.29) is 17.8 Å². The molecule has 0 aliphatic carbocycles. The van der Waals surface area contributed by atoms with Crippen molar-refractivity contribution in [2.75, 3.05) is 44.3 Å².